The fourth-order valence-electron chi connectivity index (χ4n) is 3.89. The highest BCUT2D eigenvalue weighted by Gasteiger charge is 2.20. The molecule has 1 aromatic heterocycles. The average Bonchev–Trinajstić information content (AvgIpc) is 2.69. The van der Waals surface area contributed by atoms with Crippen molar-refractivity contribution in [2.24, 2.45) is 0 Å². The number of hydrogen-bond donors (Lipinski definition) is 1. The SMILES string of the molecule is Clc1cccc(N2CCN(c3ccnc(NC4CCCCC4)n3)CC2)c1. The summed E-state index contributed by atoms with van der Waals surface area (Å²) in [4.78, 5) is 13.9. The lowest BCUT2D eigenvalue weighted by atomic mass is 9.96. The smallest absolute Gasteiger partial charge is 0.224 e. The van der Waals surface area contributed by atoms with Crippen LogP contribution < -0.4 is 15.1 Å². The standard InChI is InChI=1S/C20H26ClN5/c21-16-5-4-8-18(15-16)25-11-13-26(14-12-25)19-9-10-22-20(24-19)23-17-6-2-1-3-7-17/h4-5,8-10,15,17H,1-3,6-7,11-14H2,(H,22,23,24). The van der Waals surface area contributed by atoms with Crippen molar-refractivity contribution in [1.29, 1.82) is 0 Å². The van der Waals surface area contributed by atoms with Gasteiger partial charge in [-0.25, -0.2) is 4.98 Å². The molecule has 2 aliphatic rings. The van der Waals surface area contributed by atoms with Gasteiger partial charge < -0.3 is 15.1 Å². The lowest BCUT2D eigenvalue weighted by Gasteiger charge is -2.36. The van der Waals surface area contributed by atoms with Crippen LogP contribution >= 0.6 is 11.6 Å². The highest BCUT2D eigenvalue weighted by molar-refractivity contribution is 6.30. The van der Waals surface area contributed by atoms with Crippen LogP contribution in [0.5, 0.6) is 0 Å². The predicted octanol–water partition coefficient (Wildman–Crippen LogP) is 4.20. The molecule has 1 aromatic carbocycles. The van der Waals surface area contributed by atoms with Crippen molar-refractivity contribution < 1.29 is 0 Å². The first-order chi connectivity index (χ1) is 12.8. The largest absolute Gasteiger partial charge is 0.368 e. The van der Waals surface area contributed by atoms with Gasteiger partial charge >= 0.3 is 0 Å². The van der Waals surface area contributed by atoms with Gasteiger partial charge in [0.1, 0.15) is 5.82 Å². The van der Waals surface area contributed by atoms with E-state index in [2.05, 4.69) is 26.2 Å². The summed E-state index contributed by atoms with van der Waals surface area (Å²) in [5.41, 5.74) is 1.19. The molecular formula is C20H26ClN5. The van der Waals surface area contributed by atoms with Crippen LogP contribution in [0.15, 0.2) is 36.5 Å². The summed E-state index contributed by atoms with van der Waals surface area (Å²) in [6, 6.07) is 10.6. The van der Waals surface area contributed by atoms with Crippen molar-refractivity contribution in [3.63, 3.8) is 0 Å². The second kappa shape index (κ2) is 8.12. The third-order valence-electron chi connectivity index (χ3n) is 5.36. The predicted molar refractivity (Wildman–Crippen MR) is 108 cm³/mol. The minimum absolute atomic E-state index is 0.527. The van der Waals surface area contributed by atoms with Crippen LogP contribution in [0, 0.1) is 0 Å². The number of nitrogens with zero attached hydrogens (tertiary/aromatic N) is 4. The molecule has 0 bridgehead atoms. The number of anilines is 3. The van der Waals surface area contributed by atoms with Gasteiger partial charge in [0.25, 0.3) is 0 Å². The molecule has 1 saturated heterocycles. The molecule has 6 heteroatoms. The Morgan fingerprint density at radius 2 is 1.73 bits per heavy atom. The fraction of sp³-hybridized carbons (Fsp3) is 0.500. The van der Waals surface area contributed by atoms with Crippen LogP contribution in [0.3, 0.4) is 0 Å². The molecule has 0 amide bonds. The average molecular weight is 372 g/mol. The summed E-state index contributed by atoms with van der Waals surface area (Å²) in [5.74, 6) is 1.79. The van der Waals surface area contributed by atoms with E-state index in [1.54, 1.807) is 0 Å². The zero-order valence-corrected chi connectivity index (χ0v) is 15.8. The number of nitrogens with one attached hydrogen (secondary N) is 1. The number of rotatable bonds is 4. The highest BCUT2D eigenvalue weighted by Crippen LogP contribution is 2.24. The summed E-state index contributed by atoms with van der Waals surface area (Å²) < 4.78 is 0. The van der Waals surface area contributed by atoms with E-state index in [4.69, 9.17) is 16.6 Å². The normalized spacial score (nSPS) is 18.8. The molecule has 2 fully saturated rings. The van der Waals surface area contributed by atoms with Gasteiger partial charge in [0.15, 0.2) is 0 Å². The van der Waals surface area contributed by atoms with Crippen LogP contribution in [0.4, 0.5) is 17.5 Å². The fourth-order valence-corrected chi connectivity index (χ4v) is 4.08. The Hall–Kier alpha value is -2.01. The van der Waals surface area contributed by atoms with Crippen LogP contribution in [0.1, 0.15) is 32.1 Å². The van der Waals surface area contributed by atoms with Gasteiger partial charge in [-0.3, -0.25) is 0 Å². The van der Waals surface area contributed by atoms with Gasteiger partial charge in [-0.15, -0.1) is 0 Å². The Morgan fingerprint density at radius 3 is 2.50 bits per heavy atom. The van der Waals surface area contributed by atoms with E-state index >= 15 is 0 Å². The first-order valence-electron chi connectivity index (χ1n) is 9.63. The summed E-state index contributed by atoms with van der Waals surface area (Å²) >= 11 is 6.13. The molecule has 0 unspecified atom stereocenters. The maximum atomic E-state index is 6.13. The van der Waals surface area contributed by atoms with E-state index < -0.39 is 0 Å². The highest BCUT2D eigenvalue weighted by atomic mass is 35.5. The van der Waals surface area contributed by atoms with Gasteiger partial charge in [0.2, 0.25) is 5.95 Å². The van der Waals surface area contributed by atoms with E-state index in [1.807, 2.05) is 30.5 Å². The second-order valence-electron chi connectivity index (χ2n) is 7.17. The van der Waals surface area contributed by atoms with E-state index in [0.29, 0.717) is 6.04 Å². The molecule has 0 spiro atoms. The summed E-state index contributed by atoms with van der Waals surface area (Å²) in [7, 11) is 0. The molecule has 1 saturated carbocycles. The zero-order chi connectivity index (χ0) is 17.8. The molecule has 26 heavy (non-hydrogen) atoms. The lowest BCUT2D eigenvalue weighted by Crippen LogP contribution is -2.46. The Kier molecular flexibility index (Phi) is 5.44. The van der Waals surface area contributed by atoms with Crippen LogP contribution in [0.2, 0.25) is 5.02 Å². The Bertz CT molecular complexity index is 724. The van der Waals surface area contributed by atoms with E-state index in [-0.39, 0.29) is 0 Å². The first-order valence-corrected chi connectivity index (χ1v) is 10.0. The molecule has 0 radical (unpaired) electrons. The summed E-state index contributed by atoms with van der Waals surface area (Å²) in [5, 5.41) is 4.32. The first kappa shape index (κ1) is 17.4. The van der Waals surface area contributed by atoms with E-state index in [0.717, 1.165) is 43.0 Å². The van der Waals surface area contributed by atoms with Gasteiger partial charge in [-0.2, -0.15) is 4.98 Å². The monoisotopic (exact) mass is 371 g/mol. The molecule has 2 heterocycles. The van der Waals surface area contributed by atoms with Crippen molar-refractivity contribution in [3.8, 4) is 0 Å². The molecule has 4 rings (SSSR count). The Morgan fingerprint density at radius 1 is 0.962 bits per heavy atom. The van der Waals surface area contributed by atoms with Crippen LogP contribution in [-0.2, 0) is 0 Å². The van der Waals surface area contributed by atoms with Gasteiger partial charge in [-0.1, -0.05) is 36.9 Å². The summed E-state index contributed by atoms with van der Waals surface area (Å²) in [6.07, 6.45) is 8.30. The van der Waals surface area contributed by atoms with Crippen molar-refractivity contribution in [1.82, 2.24) is 9.97 Å². The maximum absolute atomic E-state index is 6.13. The van der Waals surface area contributed by atoms with Crippen molar-refractivity contribution in [2.75, 3.05) is 41.3 Å². The summed E-state index contributed by atoms with van der Waals surface area (Å²) in [6.45, 7) is 3.84. The quantitative estimate of drug-likeness (QED) is 0.872. The van der Waals surface area contributed by atoms with Crippen LogP contribution in [0.25, 0.3) is 0 Å². The van der Waals surface area contributed by atoms with Gasteiger partial charge in [-0.05, 0) is 37.1 Å². The maximum Gasteiger partial charge on any atom is 0.224 e. The molecule has 138 valence electrons. The van der Waals surface area contributed by atoms with Crippen molar-refractivity contribution >= 4 is 29.1 Å². The van der Waals surface area contributed by atoms with Crippen LogP contribution in [-0.4, -0.2) is 42.2 Å². The molecule has 0 atom stereocenters. The van der Waals surface area contributed by atoms with E-state index in [1.165, 1.54) is 37.8 Å². The minimum Gasteiger partial charge on any atom is -0.368 e. The number of benzene rings is 1. The van der Waals surface area contributed by atoms with Crippen molar-refractivity contribution in [3.05, 3.63) is 41.6 Å². The number of halogens is 1. The Balaban J connectivity index is 1.37. The molecule has 1 aliphatic carbocycles. The molecule has 2 aromatic rings. The van der Waals surface area contributed by atoms with Crippen molar-refractivity contribution in [2.45, 2.75) is 38.1 Å². The number of hydrogen-bond acceptors (Lipinski definition) is 5. The molecule has 1 N–H and O–H groups in total. The van der Waals surface area contributed by atoms with Gasteiger partial charge in [0.05, 0.1) is 0 Å². The van der Waals surface area contributed by atoms with E-state index in [9.17, 15) is 0 Å². The molecule has 1 aliphatic heterocycles. The van der Waals surface area contributed by atoms with Gasteiger partial charge in [0, 0.05) is 49.1 Å². The minimum atomic E-state index is 0.527. The third kappa shape index (κ3) is 4.21. The lowest BCUT2D eigenvalue weighted by molar-refractivity contribution is 0.461. The molecule has 5 nitrogen and oxygen atoms in total. The Labute approximate surface area is 160 Å². The topological polar surface area (TPSA) is 44.3 Å². The second-order valence-corrected chi connectivity index (χ2v) is 7.61. The number of aromatic nitrogens is 2. The zero-order valence-electron chi connectivity index (χ0n) is 15.1. The third-order valence-corrected chi connectivity index (χ3v) is 5.59. The number of piperazine rings is 1. The molecular weight excluding hydrogens is 346 g/mol.